The maximum absolute atomic E-state index is 13.7. The molecule has 0 radical (unpaired) electrons. The second-order valence-electron chi connectivity index (χ2n) is 11.4. The van der Waals surface area contributed by atoms with Crippen LogP contribution in [0.2, 0.25) is 0 Å². The fourth-order valence-electron chi connectivity index (χ4n) is 3.77. The molecule has 2 aromatic carbocycles. The van der Waals surface area contributed by atoms with Crippen LogP contribution in [0.15, 0.2) is 48.5 Å². The summed E-state index contributed by atoms with van der Waals surface area (Å²) in [6.45, 7) is 13.1. The number of nitrogens with one attached hydrogen (secondary N) is 1. The van der Waals surface area contributed by atoms with Gasteiger partial charge < -0.3 is 15.0 Å². The highest BCUT2D eigenvalue weighted by Gasteiger charge is 2.31. The molecule has 0 aromatic heterocycles. The second kappa shape index (κ2) is 11.5. The van der Waals surface area contributed by atoms with Crippen molar-refractivity contribution in [3.63, 3.8) is 0 Å². The average Bonchev–Trinajstić information content (AvgIpc) is 2.78. The third-order valence-electron chi connectivity index (χ3n) is 5.85. The largest absolute Gasteiger partial charge is 0.497 e. The van der Waals surface area contributed by atoms with E-state index < -0.39 is 34.1 Å². The predicted octanol–water partition coefficient (Wildman–Crippen LogP) is 4.09. The molecule has 0 saturated heterocycles. The van der Waals surface area contributed by atoms with Crippen molar-refractivity contribution in [1.29, 1.82) is 0 Å². The molecular weight excluding hydrogens is 490 g/mol. The molecule has 0 fully saturated rings. The van der Waals surface area contributed by atoms with Crippen LogP contribution in [0.1, 0.15) is 59.6 Å². The Morgan fingerprint density at radius 3 is 2.08 bits per heavy atom. The summed E-state index contributed by atoms with van der Waals surface area (Å²) in [6.07, 6.45) is 1.07. The van der Waals surface area contributed by atoms with Crippen LogP contribution in [-0.4, -0.2) is 56.6 Å². The lowest BCUT2D eigenvalue weighted by atomic mass is 9.87. The molecule has 204 valence electrons. The van der Waals surface area contributed by atoms with E-state index in [1.54, 1.807) is 44.4 Å². The number of ether oxygens (including phenoxy) is 1. The van der Waals surface area contributed by atoms with Crippen molar-refractivity contribution >= 4 is 27.5 Å². The maximum atomic E-state index is 13.7. The maximum Gasteiger partial charge on any atom is 0.244 e. The van der Waals surface area contributed by atoms with Crippen LogP contribution in [0.5, 0.6) is 5.75 Å². The molecule has 8 nitrogen and oxygen atoms in total. The van der Waals surface area contributed by atoms with Crippen LogP contribution < -0.4 is 14.4 Å². The van der Waals surface area contributed by atoms with Gasteiger partial charge in [0.2, 0.25) is 21.8 Å². The van der Waals surface area contributed by atoms with Gasteiger partial charge in [0.15, 0.2) is 0 Å². The third kappa shape index (κ3) is 8.77. The highest BCUT2D eigenvalue weighted by Crippen LogP contribution is 2.26. The van der Waals surface area contributed by atoms with Crippen molar-refractivity contribution < 1.29 is 22.7 Å². The first-order valence-electron chi connectivity index (χ1n) is 12.2. The van der Waals surface area contributed by atoms with E-state index in [0.29, 0.717) is 11.4 Å². The quantitative estimate of drug-likeness (QED) is 0.526. The van der Waals surface area contributed by atoms with Gasteiger partial charge in [-0.1, -0.05) is 45.0 Å². The van der Waals surface area contributed by atoms with E-state index in [1.807, 2.05) is 39.0 Å². The van der Waals surface area contributed by atoms with E-state index in [-0.39, 0.29) is 17.9 Å². The van der Waals surface area contributed by atoms with E-state index in [4.69, 9.17) is 4.74 Å². The van der Waals surface area contributed by atoms with Crippen molar-refractivity contribution in [3.8, 4) is 5.75 Å². The van der Waals surface area contributed by atoms with Crippen molar-refractivity contribution in [2.75, 3.05) is 24.2 Å². The number of hydrogen-bond donors (Lipinski definition) is 1. The second-order valence-corrected chi connectivity index (χ2v) is 13.3. The number of benzene rings is 2. The van der Waals surface area contributed by atoms with Crippen molar-refractivity contribution in [2.45, 2.75) is 72.0 Å². The summed E-state index contributed by atoms with van der Waals surface area (Å²) < 4.78 is 31.9. The number of rotatable bonds is 9. The molecule has 0 saturated carbocycles. The number of carbonyl (C=O) groups excluding carboxylic acids is 2. The fourth-order valence-corrected chi connectivity index (χ4v) is 4.62. The van der Waals surface area contributed by atoms with E-state index >= 15 is 0 Å². The summed E-state index contributed by atoms with van der Waals surface area (Å²) >= 11 is 0. The smallest absolute Gasteiger partial charge is 0.244 e. The minimum absolute atomic E-state index is 0.104. The predicted molar refractivity (Wildman–Crippen MR) is 148 cm³/mol. The standard InChI is InChI=1S/C28H41N3O5S/c1-20(26(33)29-28(5,6)7)30(18-21-11-10-12-24(17-21)36-8)25(32)19-31(37(9,34)35)23-15-13-22(14-16-23)27(2,3)4/h10-17,20H,18-19H2,1-9H3,(H,29,33)/t20-/m1/s1. The molecule has 1 N–H and O–H groups in total. The molecule has 9 heteroatoms. The minimum atomic E-state index is -3.79. The Bertz CT molecular complexity index is 1200. The Labute approximate surface area is 222 Å². The summed E-state index contributed by atoms with van der Waals surface area (Å²) in [6, 6.07) is 13.5. The van der Waals surface area contributed by atoms with Gasteiger partial charge in [0.1, 0.15) is 18.3 Å². The molecule has 0 aliphatic heterocycles. The molecule has 1 atom stereocenters. The molecule has 2 amide bonds. The summed E-state index contributed by atoms with van der Waals surface area (Å²) in [7, 11) is -2.24. The molecule has 0 unspecified atom stereocenters. The number of hydrogen-bond acceptors (Lipinski definition) is 5. The molecular formula is C28H41N3O5S. The first-order chi connectivity index (χ1) is 16.9. The van der Waals surface area contributed by atoms with Gasteiger partial charge in [0, 0.05) is 12.1 Å². The monoisotopic (exact) mass is 531 g/mol. The Hall–Kier alpha value is -3.07. The number of anilines is 1. The van der Waals surface area contributed by atoms with Crippen LogP contribution >= 0.6 is 0 Å². The molecule has 0 aliphatic rings. The Morgan fingerprint density at radius 2 is 1.59 bits per heavy atom. The highest BCUT2D eigenvalue weighted by atomic mass is 32.2. The fraction of sp³-hybridized carbons (Fsp3) is 0.500. The van der Waals surface area contributed by atoms with Crippen molar-refractivity contribution in [2.24, 2.45) is 0 Å². The van der Waals surface area contributed by atoms with Gasteiger partial charge in [-0.2, -0.15) is 0 Å². The number of sulfonamides is 1. The summed E-state index contributed by atoms with van der Waals surface area (Å²) in [5.74, 6) is -0.206. The summed E-state index contributed by atoms with van der Waals surface area (Å²) in [5, 5.41) is 2.91. The van der Waals surface area contributed by atoms with Crippen LogP contribution in [-0.2, 0) is 31.6 Å². The molecule has 0 spiro atoms. The van der Waals surface area contributed by atoms with Gasteiger partial charge in [-0.05, 0) is 68.5 Å². The number of carbonyl (C=O) groups is 2. The molecule has 2 rings (SSSR count). The highest BCUT2D eigenvalue weighted by molar-refractivity contribution is 7.92. The minimum Gasteiger partial charge on any atom is -0.497 e. The molecule has 37 heavy (non-hydrogen) atoms. The lowest BCUT2D eigenvalue weighted by Crippen LogP contribution is -2.54. The van der Waals surface area contributed by atoms with Crippen molar-refractivity contribution in [3.05, 3.63) is 59.7 Å². The third-order valence-corrected chi connectivity index (χ3v) is 6.99. The molecule has 0 aliphatic carbocycles. The molecule has 0 bridgehead atoms. The van der Waals surface area contributed by atoms with Gasteiger partial charge in [-0.3, -0.25) is 13.9 Å². The average molecular weight is 532 g/mol. The lowest BCUT2D eigenvalue weighted by Gasteiger charge is -2.33. The van der Waals surface area contributed by atoms with Gasteiger partial charge in [0.25, 0.3) is 0 Å². The van der Waals surface area contributed by atoms with Crippen LogP contribution in [0, 0.1) is 0 Å². The lowest BCUT2D eigenvalue weighted by molar-refractivity contribution is -0.140. The van der Waals surface area contributed by atoms with Crippen molar-refractivity contribution in [1.82, 2.24) is 10.2 Å². The van der Waals surface area contributed by atoms with Gasteiger partial charge >= 0.3 is 0 Å². The summed E-state index contributed by atoms with van der Waals surface area (Å²) in [4.78, 5) is 28.1. The van der Waals surface area contributed by atoms with Gasteiger partial charge in [-0.15, -0.1) is 0 Å². The first-order valence-corrected chi connectivity index (χ1v) is 14.1. The normalized spacial score (nSPS) is 13.0. The van der Waals surface area contributed by atoms with Crippen LogP contribution in [0.25, 0.3) is 0 Å². The van der Waals surface area contributed by atoms with E-state index in [9.17, 15) is 18.0 Å². The van der Waals surface area contributed by atoms with Crippen LogP contribution in [0.3, 0.4) is 0 Å². The Morgan fingerprint density at radius 1 is 1.00 bits per heavy atom. The van der Waals surface area contributed by atoms with E-state index in [2.05, 4.69) is 26.1 Å². The number of methoxy groups -OCH3 is 1. The van der Waals surface area contributed by atoms with E-state index in [0.717, 1.165) is 21.7 Å². The van der Waals surface area contributed by atoms with Crippen LogP contribution in [0.4, 0.5) is 5.69 Å². The van der Waals surface area contributed by atoms with Gasteiger partial charge in [0.05, 0.1) is 19.1 Å². The van der Waals surface area contributed by atoms with E-state index in [1.165, 1.54) is 4.90 Å². The zero-order chi connectivity index (χ0) is 28.2. The first kappa shape index (κ1) is 30.2. The molecule has 0 heterocycles. The number of nitrogens with zero attached hydrogens (tertiary/aromatic N) is 2. The Balaban J connectivity index is 2.43. The van der Waals surface area contributed by atoms with Gasteiger partial charge in [-0.25, -0.2) is 8.42 Å². The Kier molecular flexibility index (Phi) is 9.41. The topological polar surface area (TPSA) is 96.0 Å². The number of amides is 2. The summed E-state index contributed by atoms with van der Waals surface area (Å²) in [5.41, 5.74) is 1.58. The zero-order valence-corrected chi connectivity index (χ0v) is 24.3. The SMILES string of the molecule is COc1cccc(CN(C(=O)CN(c2ccc(C(C)(C)C)cc2)S(C)(=O)=O)[C@H](C)C(=O)NC(C)(C)C)c1. The zero-order valence-electron chi connectivity index (χ0n) is 23.5. The molecule has 2 aromatic rings.